The number of Topliss-reactive ketones (excluding diaryl/α,β-unsaturated/α-hetero) is 1. The van der Waals surface area contributed by atoms with Crippen LogP contribution >= 0.6 is 0 Å². The maximum Gasteiger partial charge on any atom is 0.152 e. The highest BCUT2D eigenvalue weighted by molar-refractivity contribution is 5.79. The second-order valence-electron chi connectivity index (χ2n) is 5.07. The molecule has 0 unspecified atom stereocenters. The van der Waals surface area contributed by atoms with Crippen LogP contribution in [-0.4, -0.2) is 15.3 Å². The number of ketones is 1. The lowest BCUT2D eigenvalue weighted by molar-refractivity contribution is -0.120. The summed E-state index contributed by atoms with van der Waals surface area (Å²) >= 11 is 0. The standard InChI is InChI=1S/C13H18N2O/c16-12-7-6-11-8-14-13(15(11)9-12)10-4-2-1-3-5-10/h8,10H,1-7,9H2. The van der Waals surface area contributed by atoms with Crippen LogP contribution in [-0.2, 0) is 17.8 Å². The molecule has 1 saturated carbocycles. The molecule has 0 N–H and O–H groups in total. The van der Waals surface area contributed by atoms with Gasteiger partial charge in [0.25, 0.3) is 0 Å². The fourth-order valence-corrected chi connectivity index (χ4v) is 3.02. The van der Waals surface area contributed by atoms with Gasteiger partial charge in [0.1, 0.15) is 5.82 Å². The molecule has 0 aromatic carbocycles. The van der Waals surface area contributed by atoms with Crippen LogP contribution in [0, 0.1) is 0 Å². The highest BCUT2D eigenvalue weighted by atomic mass is 16.1. The third kappa shape index (κ3) is 1.68. The molecule has 1 aliphatic carbocycles. The van der Waals surface area contributed by atoms with Crippen molar-refractivity contribution < 1.29 is 4.79 Å². The summed E-state index contributed by atoms with van der Waals surface area (Å²) in [6.07, 6.45) is 10.1. The topological polar surface area (TPSA) is 34.9 Å². The molecule has 16 heavy (non-hydrogen) atoms. The predicted molar refractivity (Wildman–Crippen MR) is 61.4 cm³/mol. The summed E-state index contributed by atoms with van der Waals surface area (Å²) in [6.45, 7) is 0.571. The first-order chi connectivity index (χ1) is 7.84. The third-order valence-corrected chi connectivity index (χ3v) is 3.93. The average Bonchev–Trinajstić information content (AvgIpc) is 2.73. The predicted octanol–water partition coefficient (Wildman–Crippen LogP) is 2.45. The number of carbonyl (C=O) groups is 1. The molecule has 86 valence electrons. The summed E-state index contributed by atoms with van der Waals surface area (Å²) in [7, 11) is 0. The molecule has 0 atom stereocenters. The van der Waals surface area contributed by atoms with Crippen molar-refractivity contribution in [1.29, 1.82) is 0 Å². The molecule has 3 rings (SSSR count). The van der Waals surface area contributed by atoms with E-state index in [1.807, 2.05) is 6.20 Å². The number of hydrogen-bond donors (Lipinski definition) is 0. The fraction of sp³-hybridized carbons (Fsp3) is 0.692. The van der Waals surface area contributed by atoms with Crippen LogP contribution < -0.4 is 0 Å². The van der Waals surface area contributed by atoms with E-state index in [2.05, 4.69) is 9.55 Å². The molecule has 1 aromatic rings. The Morgan fingerprint density at radius 1 is 1.19 bits per heavy atom. The SMILES string of the molecule is O=C1CCc2cnc(C3CCCCC3)n2C1. The molecular weight excluding hydrogens is 200 g/mol. The Labute approximate surface area is 95.9 Å². The number of imidazole rings is 1. The van der Waals surface area contributed by atoms with Gasteiger partial charge in [0, 0.05) is 24.2 Å². The van der Waals surface area contributed by atoms with Crippen LogP contribution in [0.3, 0.4) is 0 Å². The Kier molecular flexibility index (Phi) is 2.54. The zero-order valence-electron chi connectivity index (χ0n) is 9.61. The van der Waals surface area contributed by atoms with Gasteiger partial charge in [-0.05, 0) is 19.3 Å². The average molecular weight is 218 g/mol. The van der Waals surface area contributed by atoms with E-state index in [-0.39, 0.29) is 0 Å². The van der Waals surface area contributed by atoms with Gasteiger partial charge in [-0.15, -0.1) is 0 Å². The smallest absolute Gasteiger partial charge is 0.152 e. The molecule has 0 spiro atoms. The van der Waals surface area contributed by atoms with Gasteiger partial charge in [-0.2, -0.15) is 0 Å². The van der Waals surface area contributed by atoms with Crippen molar-refractivity contribution in [1.82, 2.24) is 9.55 Å². The number of aryl methyl sites for hydroxylation is 1. The van der Waals surface area contributed by atoms with Crippen molar-refractivity contribution in [3.63, 3.8) is 0 Å². The van der Waals surface area contributed by atoms with E-state index in [1.165, 1.54) is 43.6 Å². The van der Waals surface area contributed by atoms with E-state index < -0.39 is 0 Å². The van der Waals surface area contributed by atoms with Crippen molar-refractivity contribution in [2.45, 2.75) is 57.4 Å². The maximum atomic E-state index is 11.5. The molecule has 3 heteroatoms. The Hall–Kier alpha value is -1.12. The molecule has 1 aromatic heterocycles. The van der Waals surface area contributed by atoms with Gasteiger partial charge in [0.2, 0.25) is 0 Å². The van der Waals surface area contributed by atoms with Crippen LogP contribution in [0.5, 0.6) is 0 Å². The van der Waals surface area contributed by atoms with E-state index in [1.54, 1.807) is 0 Å². The molecule has 3 nitrogen and oxygen atoms in total. The van der Waals surface area contributed by atoms with Crippen molar-refractivity contribution in [3.8, 4) is 0 Å². The fourth-order valence-electron chi connectivity index (χ4n) is 3.02. The minimum absolute atomic E-state index is 0.363. The molecular formula is C13H18N2O. The van der Waals surface area contributed by atoms with Crippen molar-refractivity contribution in [3.05, 3.63) is 17.7 Å². The van der Waals surface area contributed by atoms with Gasteiger partial charge in [-0.3, -0.25) is 4.79 Å². The van der Waals surface area contributed by atoms with Crippen LogP contribution in [0.4, 0.5) is 0 Å². The minimum atomic E-state index is 0.363. The number of fused-ring (bicyclic) bond motifs is 1. The summed E-state index contributed by atoms with van der Waals surface area (Å²) in [4.78, 5) is 16.1. The van der Waals surface area contributed by atoms with E-state index in [0.717, 1.165) is 6.42 Å². The van der Waals surface area contributed by atoms with Gasteiger partial charge in [-0.1, -0.05) is 19.3 Å². The van der Waals surface area contributed by atoms with Crippen LogP contribution in [0.1, 0.15) is 56.0 Å². The number of nitrogens with zero attached hydrogens (tertiary/aromatic N) is 2. The first kappa shape index (κ1) is 10.1. The van der Waals surface area contributed by atoms with Crippen molar-refractivity contribution >= 4 is 5.78 Å². The second-order valence-corrected chi connectivity index (χ2v) is 5.07. The van der Waals surface area contributed by atoms with Gasteiger partial charge >= 0.3 is 0 Å². The van der Waals surface area contributed by atoms with E-state index in [0.29, 0.717) is 24.7 Å². The number of carbonyl (C=O) groups excluding carboxylic acids is 1. The van der Waals surface area contributed by atoms with E-state index in [4.69, 9.17) is 0 Å². The normalized spacial score (nSPS) is 22.1. The van der Waals surface area contributed by atoms with Gasteiger partial charge in [-0.25, -0.2) is 4.98 Å². The minimum Gasteiger partial charge on any atom is -0.324 e. The third-order valence-electron chi connectivity index (χ3n) is 3.93. The summed E-state index contributed by atoms with van der Waals surface area (Å²) in [5, 5.41) is 0. The maximum absolute atomic E-state index is 11.5. The summed E-state index contributed by atoms with van der Waals surface area (Å²) < 4.78 is 2.18. The number of aromatic nitrogens is 2. The Bertz CT molecular complexity index is 402. The molecule has 0 amide bonds. The lowest BCUT2D eigenvalue weighted by Gasteiger charge is -2.24. The van der Waals surface area contributed by atoms with Gasteiger partial charge in [0.15, 0.2) is 5.78 Å². The molecule has 2 heterocycles. The Balaban J connectivity index is 1.89. The first-order valence-electron chi connectivity index (χ1n) is 6.40. The monoisotopic (exact) mass is 218 g/mol. The molecule has 2 aliphatic rings. The highest BCUT2D eigenvalue weighted by Crippen LogP contribution is 2.33. The van der Waals surface area contributed by atoms with Crippen LogP contribution in [0.15, 0.2) is 6.20 Å². The largest absolute Gasteiger partial charge is 0.324 e. The van der Waals surface area contributed by atoms with Crippen LogP contribution in [0.2, 0.25) is 0 Å². The quantitative estimate of drug-likeness (QED) is 0.725. The van der Waals surface area contributed by atoms with Crippen molar-refractivity contribution in [2.24, 2.45) is 0 Å². The number of rotatable bonds is 1. The number of hydrogen-bond acceptors (Lipinski definition) is 2. The zero-order valence-corrected chi connectivity index (χ0v) is 9.61. The highest BCUT2D eigenvalue weighted by Gasteiger charge is 2.25. The second kappa shape index (κ2) is 4.04. The van der Waals surface area contributed by atoms with Crippen LogP contribution in [0.25, 0.3) is 0 Å². The molecule has 0 saturated heterocycles. The Morgan fingerprint density at radius 2 is 2.00 bits per heavy atom. The Morgan fingerprint density at radius 3 is 2.81 bits per heavy atom. The van der Waals surface area contributed by atoms with Gasteiger partial charge in [0.05, 0.1) is 6.54 Å². The molecule has 1 fully saturated rings. The lowest BCUT2D eigenvalue weighted by Crippen LogP contribution is -2.23. The van der Waals surface area contributed by atoms with E-state index >= 15 is 0 Å². The summed E-state index contributed by atoms with van der Waals surface area (Å²) in [6, 6.07) is 0. The van der Waals surface area contributed by atoms with Gasteiger partial charge < -0.3 is 4.57 Å². The first-order valence-corrected chi connectivity index (χ1v) is 6.40. The summed E-state index contributed by atoms with van der Waals surface area (Å²) in [5.41, 5.74) is 1.26. The molecule has 0 bridgehead atoms. The zero-order chi connectivity index (χ0) is 11.0. The molecule has 0 radical (unpaired) electrons. The molecule has 1 aliphatic heterocycles. The lowest BCUT2D eigenvalue weighted by atomic mass is 9.88. The van der Waals surface area contributed by atoms with Crippen molar-refractivity contribution in [2.75, 3.05) is 0 Å². The van der Waals surface area contributed by atoms with E-state index in [9.17, 15) is 4.79 Å². The summed E-state index contributed by atoms with van der Waals surface area (Å²) in [5.74, 6) is 2.15.